The molecule has 2 aromatic rings. The van der Waals surface area contributed by atoms with Crippen LogP contribution in [0.2, 0.25) is 0 Å². The van der Waals surface area contributed by atoms with Crippen molar-refractivity contribution in [1.29, 1.82) is 0 Å². The van der Waals surface area contributed by atoms with Crippen molar-refractivity contribution in [1.82, 2.24) is 10.3 Å². The molecule has 4 heteroatoms. The Hall–Kier alpha value is -1.94. The Bertz CT molecular complexity index is 579. The maximum atomic E-state index is 13.4. The van der Waals surface area contributed by atoms with Gasteiger partial charge in [-0.05, 0) is 32.4 Å². The van der Waals surface area contributed by atoms with Crippen molar-refractivity contribution in [2.24, 2.45) is 0 Å². The number of aromatic nitrogens is 1. The van der Waals surface area contributed by atoms with E-state index in [4.69, 9.17) is 4.74 Å². The minimum absolute atomic E-state index is 0.0526. The van der Waals surface area contributed by atoms with Gasteiger partial charge in [0.25, 0.3) is 0 Å². The molecule has 0 saturated carbocycles. The van der Waals surface area contributed by atoms with Gasteiger partial charge in [-0.25, -0.2) is 9.37 Å². The lowest BCUT2D eigenvalue weighted by atomic mass is 10.1. The maximum Gasteiger partial charge on any atom is 0.218 e. The molecule has 1 heterocycles. The number of ether oxygens (including phenoxy) is 1. The summed E-state index contributed by atoms with van der Waals surface area (Å²) in [6, 6.07) is 11.3. The molecule has 0 saturated heterocycles. The number of nitrogens with zero attached hydrogens (tertiary/aromatic N) is 1. The van der Waals surface area contributed by atoms with Gasteiger partial charge in [0, 0.05) is 17.6 Å². The van der Waals surface area contributed by atoms with Gasteiger partial charge in [-0.1, -0.05) is 30.3 Å². The summed E-state index contributed by atoms with van der Waals surface area (Å²) >= 11 is 0. The minimum atomic E-state index is -0.354. The van der Waals surface area contributed by atoms with Crippen LogP contribution < -0.4 is 10.1 Å². The van der Waals surface area contributed by atoms with Gasteiger partial charge in [0.1, 0.15) is 12.4 Å². The molecule has 3 nitrogen and oxygen atoms in total. The molecule has 112 valence electrons. The Balaban J connectivity index is 2.07. The molecular weight excluding hydrogens is 267 g/mol. The van der Waals surface area contributed by atoms with Crippen LogP contribution in [0.3, 0.4) is 0 Å². The number of hydrogen-bond donors (Lipinski definition) is 1. The molecule has 0 spiro atoms. The Morgan fingerprint density at radius 1 is 1.19 bits per heavy atom. The van der Waals surface area contributed by atoms with Crippen LogP contribution in [0.4, 0.5) is 4.39 Å². The SMILES string of the molecule is CC(C)(C)NCc1cc(F)cnc1OCc1ccccc1. The summed E-state index contributed by atoms with van der Waals surface area (Å²) < 4.78 is 19.1. The second-order valence-corrected chi connectivity index (χ2v) is 6.00. The van der Waals surface area contributed by atoms with E-state index in [0.29, 0.717) is 19.0 Å². The zero-order valence-electron chi connectivity index (χ0n) is 12.7. The first kappa shape index (κ1) is 15.4. The molecule has 0 aliphatic carbocycles. The predicted molar refractivity (Wildman–Crippen MR) is 81.6 cm³/mol. The lowest BCUT2D eigenvalue weighted by molar-refractivity contribution is 0.286. The lowest BCUT2D eigenvalue weighted by Crippen LogP contribution is -2.35. The van der Waals surface area contributed by atoms with E-state index in [0.717, 1.165) is 11.1 Å². The van der Waals surface area contributed by atoms with Gasteiger partial charge in [0.15, 0.2) is 0 Å². The van der Waals surface area contributed by atoms with Crippen molar-refractivity contribution in [3.63, 3.8) is 0 Å². The van der Waals surface area contributed by atoms with Crippen LogP contribution in [0, 0.1) is 5.82 Å². The monoisotopic (exact) mass is 288 g/mol. The summed E-state index contributed by atoms with van der Waals surface area (Å²) in [5.41, 5.74) is 1.72. The third kappa shape index (κ3) is 5.16. The number of halogens is 1. The van der Waals surface area contributed by atoms with Crippen LogP contribution in [0.15, 0.2) is 42.6 Å². The van der Waals surface area contributed by atoms with Gasteiger partial charge >= 0.3 is 0 Å². The molecule has 0 radical (unpaired) electrons. The fourth-order valence-electron chi connectivity index (χ4n) is 1.81. The van der Waals surface area contributed by atoms with E-state index in [1.54, 1.807) is 0 Å². The molecule has 2 rings (SSSR count). The molecule has 1 N–H and O–H groups in total. The van der Waals surface area contributed by atoms with E-state index >= 15 is 0 Å². The molecule has 0 unspecified atom stereocenters. The van der Waals surface area contributed by atoms with Gasteiger partial charge in [-0.3, -0.25) is 0 Å². The Morgan fingerprint density at radius 3 is 2.57 bits per heavy atom. The highest BCUT2D eigenvalue weighted by molar-refractivity contribution is 5.27. The van der Waals surface area contributed by atoms with Crippen LogP contribution in [0.25, 0.3) is 0 Å². The second-order valence-electron chi connectivity index (χ2n) is 6.00. The average Bonchev–Trinajstić information content (AvgIpc) is 2.44. The molecule has 21 heavy (non-hydrogen) atoms. The largest absolute Gasteiger partial charge is 0.473 e. The van der Waals surface area contributed by atoms with Crippen LogP contribution in [-0.4, -0.2) is 10.5 Å². The molecule has 0 aliphatic rings. The summed E-state index contributed by atoms with van der Waals surface area (Å²) in [5.74, 6) is 0.116. The normalized spacial score (nSPS) is 11.4. The fraction of sp³-hybridized carbons (Fsp3) is 0.353. The molecular formula is C17H21FN2O. The van der Waals surface area contributed by atoms with Crippen molar-refractivity contribution in [2.45, 2.75) is 39.5 Å². The highest BCUT2D eigenvalue weighted by Gasteiger charge is 2.13. The van der Waals surface area contributed by atoms with Crippen molar-refractivity contribution in [3.8, 4) is 5.88 Å². The first-order valence-corrected chi connectivity index (χ1v) is 7.00. The molecule has 1 aromatic heterocycles. The number of hydrogen-bond acceptors (Lipinski definition) is 3. The molecule has 0 atom stereocenters. The Kier molecular flexibility index (Phi) is 4.91. The average molecular weight is 288 g/mol. The molecule has 0 amide bonds. The smallest absolute Gasteiger partial charge is 0.218 e. The van der Waals surface area contributed by atoms with Crippen LogP contribution in [0.5, 0.6) is 5.88 Å². The predicted octanol–water partition coefficient (Wildman–Crippen LogP) is 3.69. The zero-order chi connectivity index (χ0) is 15.3. The number of benzene rings is 1. The van der Waals surface area contributed by atoms with Gasteiger partial charge in [0.05, 0.1) is 6.20 Å². The Labute approximate surface area is 125 Å². The summed E-state index contributed by atoms with van der Waals surface area (Å²) in [7, 11) is 0. The quantitative estimate of drug-likeness (QED) is 0.911. The van der Waals surface area contributed by atoms with E-state index in [1.165, 1.54) is 12.3 Å². The highest BCUT2D eigenvalue weighted by atomic mass is 19.1. The van der Waals surface area contributed by atoms with E-state index in [-0.39, 0.29) is 11.4 Å². The van der Waals surface area contributed by atoms with Crippen molar-refractivity contribution < 1.29 is 9.13 Å². The fourth-order valence-corrected chi connectivity index (χ4v) is 1.81. The van der Waals surface area contributed by atoms with Crippen molar-refractivity contribution in [2.75, 3.05) is 0 Å². The first-order chi connectivity index (χ1) is 9.94. The third-order valence-corrected chi connectivity index (χ3v) is 2.92. The van der Waals surface area contributed by atoms with Crippen LogP contribution in [0.1, 0.15) is 31.9 Å². The van der Waals surface area contributed by atoms with Gasteiger partial charge in [-0.2, -0.15) is 0 Å². The molecule has 0 bridgehead atoms. The molecule has 0 fully saturated rings. The van der Waals surface area contributed by atoms with Crippen LogP contribution >= 0.6 is 0 Å². The third-order valence-electron chi connectivity index (χ3n) is 2.92. The molecule has 1 aromatic carbocycles. The first-order valence-electron chi connectivity index (χ1n) is 7.00. The minimum Gasteiger partial charge on any atom is -0.473 e. The van der Waals surface area contributed by atoms with Gasteiger partial charge in [-0.15, -0.1) is 0 Å². The summed E-state index contributed by atoms with van der Waals surface area (Å²) in [6.45, 7) is 7.11. The number of nitrogens with one attached hydrogen (secondary N) is 1. The Morgan fingerprint density at radius 2 is 1.90 bits per heavy atom. The van der Waals surface area contributed by atoms with Gasteiger partial charge in [0.2, 0.25) is 5.88 Å². The van der Waals surface area contributed by atoms with Crippen molar-refractivity contribution >= 4 is 0 Å². The highest BCUT2D eigenvalue weighted by Crippen LogP contribution is 2.18. The van der Waals surface area contributed by atoms with Gasteiger partial charge < -0.3 is 10.1 Å². The zero-order valence-corrected chi connectivity index (χ0v) is 12.7. The standard InChI is InChI=1S/C17H21FN2O/c1-17(2,3)20-10-14-9-15(18)11-19-16(14)21-12-13-7-5-4-6-8-13/h4-9,11,20H,10,12H2,1-3H3. The molecule has 0 aliphatic heterocycles. The topological polar surface area (TPSA) is 34.2 Å². The van der Waals surface area contributed by atoms with E-state index in [1.807, 2.05) is 30.3 Å². The van der Waals surface area contributed by atoms with E-state index in [2.05, 4.69) is 31.1 Å². The summed E-state index contributed by atoms with van der Waals surface area (Å²) in [4.78, 5) is 4.06. The number of rotatable bonds is 5. The van der Waals surface area contributed by atoms with E-state index < -0.39 is 0 Å². The van der Waals surface area contributed by atoms with Crippen LogP contribution in [-0.2, 0) is 13.2 Å². The van der Waals surface area contributed by atoms with E-state index in [9.17, 15) is 4.39 Å². The number of pyridine rings is 1. The van der Waals surface area contributed by atoms with Crippen molar-refractivity contribution in [3.05, 3.63) is 59.5 Å². The lowest BCUT2D eigenvalue weighted by Gasteiger charge is -2.21. The summed E-state index contributed by atoms with van der Waals surface area (Å²) in [6.07, 6.45) is 1.18. The second kappa shape index (κ2) is 6.68. The maximum absolute atomic E-state index is 13.4. The summed E-state index contributed by atoms with van der Waals surface area (Å²) in [5, 5.41) is 3.32.